The van der Waals surface area contributed by atoms with Crippen LogP contribution in [0.1, 0.15) is 32.8 Å². The minimum atomic E-state index is -0.496. The molecular formula is C18H26NO3+. The molecule has 0 aliphatic carbocycles. The van der Waals surface area contributed by atoms with Crippen molar-refractivity contribution in [2.75, 3.05) is 14.2 Å². The molecular weight excluding hydrogens is 278 g/mol. The van der Waals surface area contributed by atoms with Crippen molar-refractivity contribution in [2.45, 2.75) is 45.4 Å². The molecule has 22 heavy (non-hydrogen) atoms. The van der Waals surface area contributed by atoms with Crippen LogP contribution in [-0.2, 0) is 11.3 Å². The molecule has 0 saturated carbocycles. The Bertz CT molecular complexity index is 580. The van der Waals surface area contributed by atoms with E-state index in [2.05, 4.69) is 13.5 Å². The number of quaternary nitrogens is 1. The molecule has 4 heteroatoms. The molecule has 1 aliphatic rings. The zero-order valence-electron chi connectivity index (χ0n) is 14.2. The molecule has 1 heterocycles. The molecule has 4 nitrogen and oxygen atoms in total. The number of carbonyl (C=O) groups is 1. The van der Waals surface area contributed by atoms with Gasteiger partial charge < -0.3 is 9.47 Å². The van der Waals surface area contributed by atoms with Crippen molar-refractivity contribution in [1.29, 1.82) is 0 Å². The van der Waals surface area contributed by atoms with Gasteiger partial charge in [-0.05, 0) is 45.0 Å². The predicted molar refractivity (Wildman–Crippen MR) is 86.7 cm³/mol. The summed E-state index contributed by atoms with van der Waals surface area (Å²) in [5.41, 5.74) is 1.62. The van der Waals surface area contributed by atoms with Crippen LogP contribution in [0.15, 0.2) is 36.4 Å². The summed E-state index contributed by atoms with van der Waals surface area (Å²) in [6.07, 6.45) is 0.517. The number of hydrogen-bond donors (Lipinski definition) is 0. The molecule has 1 saturated heterocycles. The number of carbonyl (C=O) groups excluding carboxylic acids is 1. The van der Waals surface area contributed by atoms with Gasteiger partial charge in [-0.1, -0.05) is 12.2 Å². The Morgan fingerprint density at radius 1 is 1.41 bits per heavy atom. The number of amides is 1. The molecule has 2 rings (SSSR count). The highest BCUT2D eigenvalue weighted by molar-refractivity contribution is 5.63. The summed E-state index contributed by atoms with van der Waals surface area (Å²) in [6.45, 7) is 10.6. The molecule has 0 bridgehead atoms. The normalized spacial score (nSPS) is 31.0. The van der Waals surface area contributed by atoms with Crippen LogP contribution in [0.4, 0.5) is 4.79 Å². The Morgan fingerprint density at radius 3 is 2.50 bits per heavy atom. The van der Waals surface area contributed by atoms with Crippen molar-refractivity contribution >= 4 is 6.09 Å². The Labute approximate surface area is 132 Å². The lowest BCUT2D eigenvalue weighted by atomic mass is 9.89. The molecule has 0 aromatic heterocycles. The lowest BCUT2D eigenvalue weighted by Crippen LogP contribution is -2.53. The van der Waals surface area contributed by atoms with Crippen LogP contribution < -0.4 is 4.74 Å². The lowest BCUT2D eigenvalue weighted by molar-refractivity contribution is -0.862. The third kappa shape index (κ3) is 2.88. The van der Waals surface area contributed by atoms with Crippen LogP contribution in [0.2, 0.25) is 0 Å². The largest absolute Gasteiger partial charge is 0.517 e. The molecule has 1 aromatic rings. The number of rotatable bonds is 5. The number of methoxy groups -OCH3 is 1. The molecule has 0 radical (unpaired) electrons. The summed E-state index contributed by atoms with van der Waals surface area (Å²) in [6, 6.07) is 7.88. The second-order valence-corrected chi connectivity index (χ2v) is 6.76. The molecule has 0 N–H and O–H groups in total. The average molecular weight is 304 g/mol. The number of ether oxygens (including phenoxy) is 2. The van der Waals surface area contributed by atoms with Crippen LogP contribution in [0.5, 0.6) is 5.75 Å². The average Bonchev–Trinajstić information content (AvgIpc) is 2.60. The van der Waals surface area contributed by atoms with Gasteiger partial charge in [0.1, 0.15) is 18.3 Å². The van der Waals surface area contributed by atoms with Gasteiger partial charge in [0.2, 0.25) is 0 Å². The second-order valence-electron chi connectivity index (χ2n) is 6.76. The fourth-order valence-electron chi connectivity index (χ4n) is 3.24. The van der Waals surface area contributed by atoms with Gasteiger partial charge in [0, 0.05) is 12.0 Å². The minimum absolute atomic E-state index is 0.0544. The van der Waals surface area contributed by atoms with Crippen LogP contribution in [0, 0.1) is 0 Å². The van der Waals surface area contributed by atoms with E-state index < -0.39 is 5.60 Å². The maximum atomic E-state index is 12.5. The number of benzene rings is 1. The predicted octanol–water partition coefficient (Wildman–Crippen LogP) is 3.91. The van der Waals surface area contributed by atoms with Crippen molar-refractivity contribution in [2.24, 2.45) is 0 Å². The number of nitrogens with zero attached hydrogens (tertiary/aromatic N) is 1. The third-order valence-electron chi connectivity index (χ3n) is 4.80. The third-order valence-corrected chi connectivity index (χ3v) is 4.80. The first-order chi connectivity index (χ1) is 10.2. The fraction of sp³-hybridized carbons (Fsp3) is 0.500. The highest BCUT2D eigenvalue weighted by Gasteiger charge is 2.59. The smallest absolute Gasteiger partial charge is 0.497 e. The minimum Gasteiger partial charge on any atom is -0.497 e. The Morgan fingerprint density at radius 2 is 2.00 bits per heavy atom. The van der Waals surface area contributed by atoms with E-state index in [1.165, 1.54) is 0 Å². The summed E-state index contributed by atoms with van der Waals surface area (Å²) in [7, 11) is 3.59. The molecule has 1 amide bonds. The first-order valence-corrected chi connectivity index (χ1v) is 7.57. The molecule has 1 aromatic carbocycles. The van der Waals surface area contributed by atoms with Crippen LogP contribution in [0.25, 0.3) is 0 Å². The van der Waals surface area contributed by atoms with E-state index in [4.69, 9.17) is 9.47 Å². The topological polar surface area (TPSA) is 35.5 Å². The molecule has 120 valence electrons. The monoisotopic (exact) mass is 304 g/mol. The first-order valence-electron chi connectivity index (χ1n) is 7.57. The van der Waals surface area contributed by atoms with Crippen molar-refractivity contribution in [1.82, 2.24) is 0 Å². The Kier molecular flexibility index (Phi) is 4.34. The maximum Gasteiger partial charge on any atom is 0.517 e. The maximum absolute atomic E-state index is 12.5. The summed E-state index contributed by atoms with van der Waals surface area (Å²) >= 11 is 0. The molecule has 3 atom stereocenters. The quantitative estimate of drug-likeness (QED) is 0.611. The summed E-state index contributed by atoms with van der Waals surface area (Å²) in [5, 5.41) is 0. The summed E-state index contributed by atoms with van der Waals surface area (Å²) in [4.78, 5) is 12.5. The van der Waals surface area contributed by atoms with E-state index >= 15 is 0 Å². The van der Waals surface area contributed by atoms with Crippen molar-refractivity contribution in [3.63, 3.8) is 0 Å². The molecule has 3 unspecified atom stereocenters. The van der Waals surface area contributed by atoms with Gasteiger partial charge in [0.05, 0.1) is 14.2 Å². The van der Waals surface area contributed by atoms with Gasteiger partial charge in [-0.25, -0.2) is 4.48 Å². The zero-order valence-corrected chi connectivity index (χ0v) is 14.2. The first kappa shape index (κ1) is 16.6. The summed E-state index contributed by atoms with van der Waals surface area (Å²) in [5.74, 6) is 0.815. The Hall–Kier alpha value is -1.81. The van der Waals surface area contributed by atoms with Gasteiger partial charge in [0.15, 0.2) is 5.60 Å². The number of hydrogen-bond acceptors (Lipinski definition) is 3. The van der Waals surface area contributed by atoms with Crippen LogP contribution >= 0.6 is 0 Å². The van der Waals surface area contributed by atoms with E-state index in [1.54, 1.807) is 7.11 Å². The van der Waals surface area contributed by atoms with Crippen molar-refractivity contribution < 1.29 is 18.8 Å². The van der Waals surface area contributed by atoms with Gasteiger partial charge in [-0.15, -0.1) is 0 Å². The fourth-order valence-corrected chi connectivity index (χ4v) is 3.24. The highest BCUT2D eigenvalue weighted by atomic mass is 16.6. The lowest BCUT2D eigenvalue weighted by Gasteiger charge is -2.33. The van der Waals surface area contributed by atoms with E-state index in [0.29, 0.717) is 13.0 Å². The Balaban J connectivity index is 2.24. The molecule has 1 fully saturated rings. The van der Waals surface area contributed by atoms with Crippen LogP contribution in [0.3, 0.4) is 0 Å². The summed E-state index contributed by atoms with van der Waals surface area (Å²) < 4.78 is 11.2. The number of cyclic esters (lactones) is 1. The van der Waals surface area contributed by atoms with Crippen molar-refractivity contribution in [3.05, 3.63) is 42.0 Å². The van der Waals surface area contributed by atoms with E-state index in [1.807, 2.05) is 45.2 Å². The van der Waals surface area contributed by atoms with E-state index in [9.17, 15) is 4.79 Å². The van der Waals surface area contributed by atoms with Gasteiger partial charge >= 0.3 is 6.09 Å². The number of likely N-dealkylation sites (N-methyl/N-ethyl adjacent to an activating group) is 1. The van der Waals surface area contributed by atoms with Crippen molar-refractivity contribution in [3.8, 4) is 5.75 Å². The van der Waals surface area contributed by atoms with Crippen LogP contribution in [-0.4, -0.2) is 36.4 Å². The van der Waals surface area contributed by atoms with Gasteiger partial charge in [-0.2, -0.15) is 4.79 Å². The molecule has 1 aliphatic heterocycles. The van der Waals surface area contributed by atoms with E-state index in [0.717, 1.165) is 16.9 Å². The standard InChI is InChI=1S/C18H26NO3/c1-13(2)11-18(4)14(3)19(5,17(20)22-18)12-15-7-9-16(21-6)10-8-15/h7-10,14H,1,11-12H2,2-6H3/q+1. The highest BCUT2D eigenvalue weighted by Crippen LogP contribution is 2.40. The zero-order chi connectivity index (χ0) is 16.5. The van der Waals surface area contributed by atoms with Gasteiger partial charge in [-0.3, -0.25) is 0 Å². The molecule has 0 spiro atoms. The SMILES string of the molecule is C=C(C)CC1(C)OC(=O)[N+](C)(Cc2ccc(OC)cc2)C1C. The van der Waals surface area contributed by atoms with E-state index in [-0.39, 0.29) is 16.6 Å². The second kappa shape index (κ2) is 5.76. The van der Waals surface area contributed by atoms with Gasteiger partial charge in [0.25, 0.3) is 0 Å².